The van der Waals surface area contributed by atoms with Gasteiger partial charge in [-0.2, -0.15) is 0 Å². The Bertz CT molecular complexity index is 728. The normalized spacial score (nSPS) is 17.1. The zero-order valence-corrected chi connectivity index (χ0v) is 13.4. The van der Waals surface area contributed by atoms with E-state index in [1.54, 1.807) is 18.5 Å². The first-order chi connectivity index (χ1) is 11.8. The van der Waals surface area contributed by atoms with Gasteiger partial charge in [0.15, 0.2) is 11.5 Å². The lowest BCUT2D eigenvalue weighted by molar-refractivity contribution is -0.917. The van der Waals surface area contributed by atoms with Crippen molar-refractivity contribution in [3.05, 3.63) is 53.9 Å². The van der Waals surface area contributed by atoms with Crippen molar-refractivity contribution in [2.24, 2.45) is 0 Å². The molecule has 1 aromatic carbocycles. The number of hydrogen-bond donors (Lipinski definition) is 1. The zero-order valence-electron chi connectivity index (χ0n) is 13.4. The summed E-state index contributed by atoms with van der Waals surface area (Å²) in [5.74, 6) is 1.73. The molecule has 6 nitrogen and oxygen atoms in total. The molecule has 1 aromatic heterocycles. The lowest BCUT2D eigenvalue weighted by atomic mass is 10.1. The van der Waals surface area contributed by atoms with Gasteiger partial charge in [-0.25, -0.2) is 0 Å². The Morgan fingerprint density at radius 1 is 1.17 bits per heavy atom. The highest BCUT2D eigenvalue weighted by Gasteiger charge is 2.25. The van der Waals surface area contributed by atoms with Gasteiger partial charge in [0, 0.05) is 18.0 Å². The first kappa shape index (κ1) is 15.0. The lowest BCUT2D eigenvalue weighted by Gasteiger charge is -2.32. The van der Waals surface area contributed by atoms with Crippen molar-refractivity contribution in [2.45, 2.75) is 6.54 Å². The Morgan fingerprint density at radius 2 is 2.00 bits per heavy atom. The number of amides is 1. The summed E-state index contributed by atoms with van der Waals surface area (Å²) in [6.45, 7) is 4.68. The number of piperazine rings is 1. The highest BCUT2D eigenvalue weighted by molar-refractivity contribution is 5.93. The number of pyridine rings is 1. The van der Waals surface area contributed by atoms with Crippen molar-refractivity contribution >= 4 is 5.91 Å². The fourth-order valence-electron chi connectivity index (χ4n) is 3.21. The van der Waals surface area contributed by atoms with Crippen molar-refractivity contribution in [3.8, 4) is 11.5 Å². The number of carbonyl (C=O) groups excluding carboxylic acids is 1. The third-order valence-corrected chi connectivity index (χ3v) is 4.56. The summed E-state index contributed by atoms with van der Waals surface area (Å²) in [7, 11) is 0. The second-order valence-corrected chi connectivity index (χ2v) is 6.15. The Hall–Kier alpha value is -2.60. The molecule has 2 aliphatic heterocycles. The molecule has 24 heavy (non-hydrogen) atoms. The molecule has 2 aliphatic rings. The van der Waals surface area contributed by atoms with Crippen molar-refractivity contribution in [3.63, 3.8) is 0 Å². The van der Waals surface area contributed by atoms with Gasteiger partial charge in [0.25, 0.3) is 5.91 Å². The summed E-state index contributed by atoms with van der Waals surface area (Å²) in [5, 5.41) is 0. The molecule has 0 unspecified atom stereocenters. The van der Waals surface area contributed by atoms with Crippen LogP contribution in [0.1, 0.15) is 15.9 Å². The van der Waals surface area contributed by atoms with Crippen LogP contribution in [0.25, 0.3) is 0 Å². The average molecular weight is 326 g/mol. The largest absolute Gasteiger partial charge is 0.454 e. The molecule has 0 atom stereocenters. The molecule has 1 fully saturated rings. The minimum absolute atomic E-state index is 0.0743. The van der Waals surface area contributed by atoms with Crippen LogP contribution in [-0.2, 0) is 6.54 Å². The number of nitrogens with zero attached hydrogens (tertiary/aromatic N) is 2. The molecule has 1 saturated heterocycles. The SMILES string of the molecule is O=C(c1cccnc1)N1CC[NH+](Cc2ccc3c(c2)OCO3)CC1. The summed E-state index contributed by atoms with van der Waals surface area (Å²) >= 11 is 0. The van der Waals surface area contributed by atoms with Crippen molar-refractivity contribution in [2.75, 3.05) is 33.0 Å². The van der Waals surface area contributed by atoms with E-state index in [9.17, 15) is 4.79 Å². The summed E-state index contributed by atoms with van der Waals surface area (Å²) in [6.07, 6.45) is 3.32. The second kappa shape index (κ2) is 6.49. The highest BCUT2D eigenvalue weighted by atomic mass is 16.7. The van der Waals surface area contributed by atoms with Gasteiger partial charge in [-0.3, -0.25) is 9.78 Å². The molecule has 1 amide bonds. The number of fused-ring (bicyclic) bond motifs is 1. The van der Waals surface area contributed by atoms with Crippen molar-refractivity contribution < 1.29 is 19.2 Å². The fourth-order valence-corrected chi connectivity index (χ4v) is 3.21. The van der Waals surface area contributed by atoms with E-state index in [4.69, 9.17) is 9.47 Å². The van der Waals surface area contributed by atoms with Crippen LogP contribution in [0.5, 0.6) is 11.5 Å². The smallest absolute Gasteiger partial charge is 0.255 e. The van der Waals surface area contributed by atoms with Crippen LogP contribution < -0.4 is 14.4 Å². The van der Waals surface area contributed by atoms with Gasteiger partial charge in [0.1, 0.15) is 6.54 Å². The number of carbonyl (C=O) groups is 1. The van der Waals surface area contributed by atoms with E-state index in [0.717, 1.165) is 44.2 Å². The molecule has 6 heteroatoms. The maximum atomic E-state index is 12.4. The summed E-state index contributed by atoms with van der Waals surface area (Å²) < 4.78 is 10.8. The maximum Gasteiger partial charge on any atom is 0.255 e. The topological polar surface area (TPSA) is 56.1 Å². The first-order valence-corrected chi connectivity index (χ1v) is 8.21. The maximum absolute atomic E-state index is 12.4. The first-order valence-electron chi connectivity index (χ1n) is 8.21. The van der Waals surface area contributed by atoms with E-state index >= 15 is 0 Å². The molecule has 0 bridgehead atoms. The summed E-state index contributed by atoms with van der Waals surface area (Å²) in [6, 6.07) is 9.74. The molecule has 0 radical (unpaired) electrons. The molecule has 4 rings (SSSR count). The third kappa shape index (κ3) is 3.05. The zero-order chi connectivity index (χ0) is 16.4. The number of quaternary nitrogens is 1. The van der Waals surface area contributed by atoms with Gasteiger partial charge < -0.3 is 19.3 Å². The molecule has 0 saturated carbocycles. The Labute approximate surface area is 140 Å². The number of aromatic nitrogens is 1. The predicted octanol–water partition coefficient (Wildman–Crippen LogP) is 0.351. The summed E-state index contributed by atoms with van der Waals surface area (Å²) in [5.41, 5.74) is 1.90. The van der Waals surface area contributed by atoms with Crippen LogP contribution >= 0.6 is 0 Å². The van der Waals surface area contributed by atoms with Gasteiger partial charge in [-0.05, 0) is 30.3 Å². The molecule has 1 N–H and O–H groups in total. The highest BCUT2D eigenvalue weighted by Crippen LogP contribution is 2.32. The lowest BCUT2D eigenvalue weighted by Crippen LogP contribution is -3.13. The van der Waals surface area contributed by atoms with E-state index in [1.807, 2.05) is 17.0 Å². The van der Waals surface area contributed by atoms with Crippen LogP contribution in [0, 0.1) is 0 Å². The third-order valence-electron chi connectivity index (χ3n) is 4.56. The minimum atomic E-state index is 0.0743. The Kier molecular flexibility index (Phi) is 4.04. The molecule has 124 valence electrons. The standard InChI is InChI=1S/C18H19N3O3/c22-18(15-2-1-5-19-11-15)21-8-6-20(7-9-21)12-14-3-4-16-17(10-14)24-13-23-16/h1-5,10-11H,6-9,12-13H2/p+1. The number of nitrogens with one attached hydrogen (secondary N) is 1. The van der Waals surface area contributed by atoms with E-state index in [2.05, 4.69) is 17.1 Å². The van der Waals surface area contributed by atoms with E-state index in [-0.39, 0.29) is 5.91 Å². The number of benzene rings is 1. The molecular weight excluding hydrogens is 306 g/mol. The Morgan fingerprint density at radius 3 is 2.79 bits per heavy atom. The monoisotopic (exact) mass is 326 g/mol. The number of ether oxygens (including phenoxy) is 2. The molecule has 0 spiro atoms. The van der Waals surface area contributed by atoms with E-state index in [0.29, 0.717) is 12.4 Å². The van der Waals surface area contributed by atoms with Crippen LogP contribution in [-0.4, -0.2) is 48.8 Å². The molecule has 0 aliphatic carbocycles. The van der Waals surface area contributed by atoms with Crippen molar-refractivity contribution in [1.82, 2.24) is 9.88 Å². The van der Waals surface area contributed by atoms with Gasteiger partial charge >= 0.3 is 0 Å². The van der Waals surface area contributed by atoms with Crippen LogP contribution in [0.3, 0.4) is 0 Å². The van der Waals surface area contributed by atoms with Gasteiger partial charge in [-0.15, -0.1) is 0 Å². The minimum Gasteiger partial charge on any atom is -0.454 e. The quantitative estimate of drug-likeness (QED) is 0.884. The number of rotatable bonds is 3. The van der Waals surface area contributed by atoms with Crippen molar-refractivity contribution in [1.29, 1.82) is 0 Å². The van der Waals surface area contributed by atoms with E-state index in [1.165, 1.54) is 10.5 Å². The molecule has 2 aromatic rings. The van der Waals surface area contributed by atoms with Crippen LogP contribution in [0.4, 0.5) is 0 Å². The predicted molar refractivity (Wildman–Crippen MR) is 87.1 cm³/mol. The molecular formula is C18H20N3O3+. The summed E-state index contributed by atoms with van der Waals surface area (Å²) in [4.78, 5) is 19.9. The van der Waals surface area contributed by atoms with Gasteiger partial charge in [0.2, 0.25) is 6.79 Å². The van der Waals surface area contributed by atoms with Gasteiger partial charge in [-0.1, -0.05) is 0 Å². The Balaban J connectivity index is 1.34. The van der Waals surface area contributed by atoms with Crippen LogP contribution in [0.2, 0.25) is 0 Å². The van der Waals surface area contributed by atoms with Crippen LogP contribution in [0.15, 0.2) is 42.7 Å². The number of hydrogen-bond acceptors (Lipinski definition) is 4. The second-order valence-electron chi connectivity index (χ2n) is 6.15. The average Bonchev–Trinajstić information content (AvgIpc) is 3.10. The van der Waals surface area contributed by atoms with Gasteiger partial charge in [0.05, 0.1) is 31.7 Å². The van der Waals surface area contributed by atoms with E-state index < -0.39 is 0 Å². The molecule has 3 heterocycles. The fraction of sp³-hybridized carbons (Fsp3) is 0.333.